The minimum atomic E-state index is -1.15. The summed E-state index contributed by atoms with van der Waals surface area (Å²) in [5.74, 6) is 0.925. The Morgan fingerprint density at radius 1 is 1.20 bits per heavy atom. The van der Waals surface area contributed by atoms with Gasteiger partial charge in [-0.05, 0) is 37.1 Å². The predicted octanol–water partition coefficient (Wildman–Crippen LogP) is 4.96. The van der Waals surface area contributed by atoms with Gasteiger partial charge in [0.05, 0.1) is 11.2 Å². The molecule has 30 heavy (non-hydrogen) atoms. The summed E-state index contributed by atoms with van der Waals surface area (Å²) in [6.45, 7) is 0. The molecule has 4 rings (SSSR count). The second kappa shape index (κ2) is 8.65. The summed E-state index contributed by atoms with van der Waals surface area (Å²) in [4.78, 5) is 27.7. The van der Waals surface area contributed by atoms with Gasteiger partial charge in [-0.2, -0.15) is 0 Å². The van der Waals surface area contributed by atoms with Crippen LogP contribution in [0.15, 0.2) is 60.2 Å². The minimum Gasteiger partial charge on any atom is -0.455 e. The molecule has 2 aromatic carbocycles. The van der Waals surface area contributed by atoms with Crippen molar-refractivity contribution in [3.05, 3.63) is 70.9 Å². The van der Waals surface area contributed by atoms with Gasteiger partial charge in [0.25, 0.3) is 0 Å². The lowest BCUT2D eigenvalue weighted by Gasteiger charge is -2.19. The van der Waals surface area contributed by atoms with E-state index in [1.54, 1.807) is 36.4 Å². The van der Waals surface area contributed by atoms with E-state index >= 15 is 0 Å². The molecule has 152 valence electrons. The number of aromatic nitrogens is 1. The highest BCUT2D eigenvalue weighted by atomic mass is 35.5. The van der Waals surface area contributed by atoms with Crippen molar-refractivity contribution in [2.24, 2.45) is 0 Å². The molecular formula is C23H19ClN2O4. The Balaban J connectivity index is 1.77. The van der Waals surface area contributed by atoms with Gasteiger partial charge in [0.1, 0.15) is 17.0 Å². The second-order valence-electron chi connectivity index (χ2n) is 6.96. The number of nitrogens with one attached hydrogen (secondary N) is 1. The molecule has 0 radical (unpaired) electrons. The molecule has 6 nitrogen and oxygen atoms in total. The first-order valence-electron chi connectivity index (χ1n) is 9.55. The number of carbonyl (C=O) groups is 2. The number of aliphatic hydroxyl groups excluding tert-OH is 1. The van der Waals surface area contributed by atoms with Crippen LogP contribution < -0.4 is 10.1 Å². The number of benzene rings is 2. The second-order valence-corrected chi connectivity index (χ2v) is 7.32. The first kappa shape index (κ1) is 20.1. The molecule has 1 heterocycles. The van der Waals surface area contributed by atoms with Crippen LogP contribution in [0.4, 0.5) is 5.69 Å². The van der Waals surface area contributed by atoms with Crippen LogP contribution in [0.5, 0.6) is 11.5 Å². The molecule has 1 unspecified atom stereocenters. The number of amides is 1. The number of rotatable bonds is 6. The Bertz CT molecular complexity index is 1140. The quantitative estimate of drug-likeness (QED) is 0.433. The maximum Gasteiger partial charge on any atom is 0.211 e. The molecule has 0 saturated carbocycles. The van der Waals surface area contributed by atoms with Crippen molar-refractivity contribution in [3.8, 4) is 11.5 Å². The predicted molar refractivity (Wildman–Crippen MR) is 115 cm³/mol. The molecule has 0 saturated heterocycles. The van der Waals surface area contributed by atoms with Crippen molar-refractivity contribution in [3.63, 3.8) is 0 Å². The van der Waals surface area contributed by atoms with E-state index in [0.717, 1.165) is 12.8 Å². The Kier molecular flexibility index (Phi) is 5.79. The van der Waals surface area contributed by atoms with Crippen molar-refractivity contribution in [2.45, 2.75) is 25.4 Å². The Hall–Kier alpha value is -3.22. The summed E-state index contributed by atoms with van der Waals surface area (Å²) in [5, 5.41) is 14.1. The van der Waals surface area contributed by atoms with Gasteiger partial charge in [0.2, 0.25) is 6.41 Å². The van der Waals surface area contributed by atoms with Crippen molar-refractivity contribution in [1.29, 1.82) is 0 Å². The molecule has 2 N–H and O–H groups in total. The number of anilines is 1. The molecule has 0 fully saturated rings. The summed E-state index contributed by atoms with van der Waals surface area (Å²) in [7, 11) is 0. The molecule has 0 bridgehead atoms. The van der Waals surface area contributed by atoms with Crippen LogP contribution in [0.2, 0.25) is 5.15 Å². The SMILES string of the molecule is O=CNc1cc2cc(C(O)C3=CCCCC3=O)c(Cl)nc2cc1Oc1ccccc1. The van der Waals surface area contributed by atoms with E-state index in [9.17, 15) is 14.7 Å². The summed E-state index contributed by atoms with van der Waals surface area (Å²) < 4.78 is 5.89. The first-order valence-corrected chi connectivity index (χ1v) is 9.93. The number of nitrogens with zero attached hydrogens (tertiary/aromatic N) is 1. The van der Waals surface area contributed by atoms with Gasteiger partial charge in [0.15, 0.2) is 11.5 Å². The number of ether oxygens (including phenoxy) is 1. The number of allylic oxidation sites excluding steroid dienone is 1. The number of carbonyl (C=O) groups excluding carboxylic acids is 2. The van der Waals surface area contributed by atoms with Crippen LogP contribution in [0.25, 0.3) is 10.9 Å². The molecular weight excluding hydrogens is 404 g/mol. The monoisotopic (exact) mass is 422 g/mol. The molecule has 3 aromatic rings. The summed E-state index contributed by atoms with van der Waals surface area (Å²) in [6.07, 6.45) is 3.10. The van der Waals surface area contributed by atoms with E-state index in [1.807, 2.05) is 18.2 Å². The van der Waals surface area contributed by atoms with Gasteiger partial charge in [-0.3, -0.25) is 9.59 Å². The third-order valence-corrected chi connectivity index (χ3v) is 5.27. The number of Topliss-reactive ketones (excluding diaryl/α,β-unsaturated/α-hetero) is 1. The summed E-state index contributed by atoms with van der Waals surface area (Å²) in [5.41, 5.74) is 1.67. The first-order chi connectivity index (χ1) is 14.6. The van der Waals surface area contributed by atoms with Crippen LogP contribution in [0.1, 0.15) is 30.9 Å². The van der Waals surface area contributed by atoms with E-state index < -0.39 is 6.10 Å². The fourth-order valence-electron chi connectivity index (χ4n) is 3.47. The normalized spacial score (nSPS) is 14.9. The molecule has 1 aromatic heterocycles. The Morgan fingerprint density at radius 2 is 2.00 bits per heavy atom. The van der Waals surface area contributed by atoms with E-state index in [0.29, 0.717) is 52.1 Å². The average molecular weight is 423 g/mol. The molecule has 1 atom stereocenters. The zero-order valence-corrected chi connectivity index (χ0v) is 16.7. The van der Waals surface area contributed by atoms with Gasteiger partial charge < -0.3 is 15.2 Å². The highest BCUT2D eigenvalue weighted by Crippen LogP contribution is 2.37. The van der Waals surface area contributed by atoms with Gasteiger partial charge in [-0.1, -0.05) is 35.9 Å². The van der Waals surface area contributed by atoms with Gasteiger partial charge in [-0.15, -0.1) is 0 Å². The van der Waals surface area contributed by atoms with Crippen molar-refractivity contribution in [1.82, 2.24) is 4.98 Å². The number of aliphatic hydroxyl groups is 1. The average Bonchev–Trinajstić information content (AvgIpc) is 2.75. The largest absolute Gasteiger partial charge is 0.455 e. The topological polar surface area (TPSA) is 88.5 Å². The van der Waals surface area contributed by atoms with Crippen LogP contribution in [0.3, 0.4) is 0 Å². The molecule has 0 aliphatic heterocycles. The maximum absolute atomic E-state index is 12.2. The van der Waals surface area contributed by atoms with Crippen LogP contribution >= 0.6 is 11.6 Å². The highest BCUT2D eigenvalue weighted by Gasteiger charge is 2.25. The summed E-state index contributed by atoms with van der Waals surface area (Å²) in [6, 6.07) is 14.2. The third-order valence-electron chi connectivity index (χ3n) is 4.97. The van der Waals surface area contributed by atoms with Crippen LogP contribution in [-0.2, 0) is 9.59 Å². The van der Waals surface area contributed by atoms with Crippen LogP contribution in [0, 0.1) is 0 Å². The van der Waals surface area contributed by atoms with Crippen molar-refractivity contribution >= 4 is 40.4 Å². The zero-order chi connectivity index (χ0) is 21.1. The van der Waals surface area contributed by atoms with E-state index in [-0.39, 0.29) is 10.9 Å². The van der Waals surface area contributed by atoms with Gasteiger partial charge in [-0.25, -0.2) is 4.98 Å². The number of hydrogen-bond acceptors (Lipinski definition) is 5. The molecule has 7 heteroatoms. The number of halogens is 1. The van der Waals surface area contributed by atoms with Crippen LogP contribution in [-0.4, -0.2) is 22.3 Å². The van der Waals surface area contributed by atoms with E-state index in [4.69, 9.17) is 16.3 Å². The molecule has 1 amide bonds. The Morgan fingerprint density at radius 3 is 2.73 bits per heavy atom. The van der Waals surface area contributed by atoms with E-state index in [1.165, 1.54) is 0 Å². The van der Waals surface area contributed by atoms with Gasteiger partial charge in [0, 0.05) is 29.0 Å². The smallest absolute Gasteiger partial charge is 0.211 e. The number of ketones is 1. The Labute approximate surface area is 178 Å². The lowest BCUT2D eigenvalue weighted by Crippen LogP contribution is -2.15. The fourth-order valence-corrected chi connectivity index (χ4v) is 3.72. The standard InChI is InChI=1S/C23H19ClN2O4/c24-23-17(22(29)16-8-4-5-9-20(16)28)10-14-11-19(25-13-27)21(12-18(14)26-23)30-15-6-2-1-3-7-15/h1-3,6-8,10-13,22,29H,4-5,9H2,(H,25,27). The van der Waals surface area contributed by atoms with Gasteiger partial charge >= 0.3 is 0 Å². The molecule has 0 spiro atoms. The lowest BCUT2D eigenvalue weighted by atomic mass is 9.91. The highest BCUT2D eigenvalue weighted by molar-refractivity contribution is 6.30. The maximum atomic E-state index is 12.2. The summed E-state index contributed by atoms with van der Waals surface area (Å²) >= 11 is 6.36. The minimum absolute atomic E-state index is 0.0835. The number of para-hydroxylation sites is 1. The zero-order valence-electron chi connectivity index (χ0n) is 16.0. The molecule has 1 aliphatic carbocycles. The number of pyridine rings is 1. The third kappa shape index (κ3) is 4.06. The van der Waals surface area contributed by atoms with E-state index in [2.05, 4.69) is 10.3 Å². The molecule has 1 aliphatic rings. The van der Waals surface area contributed by atoms with Crippen molar-refractivity contribution < 1.29 is 19.4 Å². The fraction of sp³-hybridized carbons (Fsp3) is 0.174. The lowest BCUT2D eigenvalue weighted by molar-refractivity contribution is -0.117. The number of fused-ring (bicyclic) bond motifs is 1. The van der Waals surface area contributed by atoms with Crippen molar-refractivity contribution in [2.75, 3.05) is 5.32 Å². The number of hydrogen-bond donors (Lipinski definition) is 2.